The summed E-state index contributed by atoms with van der Waals surface area (Å²) in [6, 6.07) is 11.0. The smallest absolute Gasteiger partial charge is 0.307 e. The fraction of sp³-hybridized carbons (Fsp3) is 0.357. The van der Waals surface area contributed by atoms with Gasteiger partial charge in [0.25, 0.3) is 0 Å². The van der Waals surface area contributed by atoms with Crippen LogP contribution in [0.3, 0.4) is 0 Å². The molecule has 0 bridgehead atoms. The minimum absolute atomic E-state index is 0.0491. The van der Waals surface area contributed by atoms with Crippen molar-refractivity contribution in [2.75, 3.05) is 54.7 Å². The van der Waals surface area contributed by atoms with Gasteiger partial charge in [-0.3, -0.25) is 14.5 Å². The molecule has 0 unspecified atom stereocenters. The third-order valence-corrected chi connectivity index (χ3v) is 5.81. The van der Waals surface area contributed by atoms with Gasteiger partial charge in [-0.15, -0.1) is 0 Å². The molecule has 1 heterocycles. The number of benzene rings is 2. The lowest BCUT2D eigenvalue weighted by molar-refractivity contribution is -0.143. The molecule has 36 heavy (non-hydrogen) atoms. The molecular weight excluding hydrogens is 462 g/mol. The van der Waals surface area contributed by atoms with Crippen molar-refractivity contribution < 1.29 is 33.3 Å². The van der Waals surface area contributed by atoms with E-state index in [4.69, 9.17) is 23.7 Å². The standard InChI is InChI=1S/C28H33NO7/c1-6-36-27(30)11-12-29-17-21(13-19-7-9-23(32-2)25(15-19)34-4)28(31)22(18-29)14-20-8-10-24(33-3)26(16-20)35-5/h7-10,13-16H,6,11-12,17-18H2,1-5H3. The number of hydrogen-bond acceptors (Lipinski definition) is 8. The summed E-state index contributed by atoms with van der Waals surface area (Å²) in [7, 11) is 6.30. The molecule has 0 aliphatic carbocycles. The minimum Gasteiger partial charge on any atom is -0.493 e. The Kier molecular flexibility index (Phi) is 9.53. The van der Waals surface area contributed by atoms with E-state index >= 15 is 0 Å². The number of ketones is 1. The SMILES string of the molecule is CCOC(=O)CCN1CC(=Cc2ccc(OC)c(OC)c2)C(=O)C(=Cc2ccc(OC)c(OC)c2)C1. The fourth-order valence-electron chi connectivity index (χ4n) is 4.04. The molecule has 1 aliphatic heterocycles. The van der Waals surface area contributed by atoms with Crippen molar-refractivity contribution in [1.29, 1.82) is 0 Å². The Morgan fingerprint density at radius 2 is 1.28 bits per heavy atom. The second-order valence-electron chi connectivity index (χ2n) is 8.16. The lowest BCUT2D eigenvalue weighted by atomic mass is 9.94. The molecule has 8 nitrogen and oxygen atoms in total. The maximum Gasteiger partial charge on any atom is 0.307 e. The second-order valence-corrected chi connectivity index (χ2v) is 8.16. The molecule has 0 aromatic heterocycles. The Hall–Kier alpha value is -3.78. The maximum absolute atomic E-state index is 13.5. The van der Waals surface area contributed by atoms with Gasteiger partial charge in [0.05, 0.1) is 41.5 Å². The molecule has 1 saturated heterocycles. The van der Waals surface area contributed by atoms with E-state index in [1.807, 2.05) is 36.4 Å². The van der Waals surface area contributed by atoms with Gasteiger partial charge in [-0.1, -0.05) is 12.1 Å². The summed E-state index contributed by atoms with van der Waals surface area (Å²) in [5, 5.41) is 0. The zero-order valence-corrected chi connectivity index (χ0v) is 21.5. The second kappa shape index (κ2) is 12.8. The fourth-order valence-corrected chi connectivity index (χ4v) is 4.04. The summed E-state index contributed by atoms with van der Waals surface area (Å²) in [6.07, 6.45) is 3.95. The normalized spacial score (nSPS) is 16.2. The van der Waals surface area contributed by atoms with E-state index in [9.17, 15) is 9.59 Å². The van der Waals surface area contributed by atoms with E-state index in [1.165, 1.54) is 0 Å². The van der Waals surface area contributed by atoms with Crippen LogP contribution in [-0.4, -0.2) is 71.3 Å². The summed E-state index contributed by atoms with van der Waals surface area (Å²) in [4.78, 5) is 27.5. The molecule has 0 saturated carbocycles. The van der Waals surface area contributed by atoms with Gasteiger partial charge in [-0.05, 0) is 54.5 Å². The highest BCUT2D eigenvalue weighted by atomic mass is 16.5. The molecule has 3 rings (SSSR count). The van der Waals surface area contributed by atoms with Crippen LogP contribution in [0, 0.1) is 0 Å². The maximum atomic E-state index is 13.5. The highest BCUT2D eigenvalue weighted by Gasteiger charge is 2.27. The van der Waals surface area contributed by atoms with Crippen LogP contribution in [-0.2, 0) is 14.3 Å². The van der Waals surface area contributed by atoms with Crippen LogP contribution in [0.5, 0.6) is 23.0 Å². The number of piperidine rings is 1. The van der Waals surface area contributed by atoms with Crippen molar-refractivity contribution in [2.24, 2.45) is 0 Å². The van der Waals surface area contributed by atoms with Crippen LogP contribution in [0.25, 0.3) is 12.2 Å². The van der Waals surface area contributed by atoms with E-state index in [2.05, 4.69) is 4.90 Å². The van der Waals surface area contributed by atoms with Crippen molar-refractivity contribution in [3.05, 3.63) is 58.7 Å². The zero-order valence-electron chi connectivity index (χ0n) is 21.5. The first-order valence-corrected chi connectivity index (χ1v) is 11.7. The molecule has 0 N–H and O–H groups in total. The predicted octanol–water partition coefficient (Wildman–Crippen LogP) is 4.03. The van der Waals surface area contributed by atoms with Crippen LogP contribution in [0.2, 0.25) is 0 Å². The number of carbonyl (C=O) groups excluding carboxylic acids is 2. The number of Topliss-reactive ketones (excluding diaryl/α,β-unsaturated/α-hetero) is 1. The number of carbonyl (C=O) groups is 2. The number of nitrogens with zero attached hydrogens (tertiary/aromatic N) is 1. The zero-order chi connectivity index (χ0) is 26.1. The number of likely N-dealkylation sites (tertiary alicyclic amines) is 1. The Bertz CT molecular complexity index is 1080. The largest absolute Gasteiger partial charge is 0.493 e. The van der Waals surface area contributed by atoms with Crippen molar-refractivity contribution in [1.82, 2.24) is 4.90 Å². The summed E-state index contributed by atoms with van der Waals surface area (Å²) in [6.45, 7) is 3.42. The van der Waals surface area contributed by atoms with E-state index < -0.39 is 0 Å². The Morgan fingerprint density at radius 1 is 0.806 bits per heavy atom. The van der Waals surface area contributed by atoms with Gasteiger partial charge in [0.15, 0.2) is 28.8 Å². The minimum atomic E-state index is -0.259. The van der Waals surface area contributed by atoms with Crippen molar-refractivity contribution in [2.45, 2.75) is 13.3 Å². The summed E-state index contributed by atoms with van der Waals surface area (Å²) >= 11 is 0. The van der Waals surface area contributed by atoms with Crippen LogP contribution in [0.15, 0.2) is 47.5 Å². The van der Waals surface area contributed by atoms with Crippen LogP contribution < -0.4 is 18.9 Å². The summed E-state index contributed by atoms with van der Waals surface area (Å²) in [5.41, 5.74) is 2.86. The highest BCUT2D eigenvalue weighted by molar-refractivity contribution is 6.14. The van der Waals surface area contributed by atoms with Gasteiger partial charge < -0.3 is 23.7 Å². The third-order valence-electron chi connectivity index (χ3n) is 5.81. The molecule has 0 amide bonds. The Morgan fingerprint density at radius 3 is 1.69 bits per heavy atom. The van der Waals surface area contributed by atoms with E-state index in [0.29, 0.717) is 60.4 Å². The van der Waals surface area contributed by atoms with E-state index in [1.54, 1.807) is 47.5 Å². The lowest BCUT2D eigenvalue weighted by Crippen LogP contribution is -2.39. The monoisotopic (exact) mass is 495 g/mol. The number of ether oxygens (including phenoxy) is 5. The molecule has 0 atom stereocenters. The highest BCUT2D eigenvalue weighted by Crippen LogP contribution is 2.31. The van der Waals surface area contributed by atoms with Crippen molar-refractivity contribution in [3.63, 3.8) is 0 Å². The number of esters is 1. The molecule has 192 valence electrons. The average Bonchev–Trinajstić information content (AvgIpc) is 2.89. The molecule has 1 aliphatic rings. The summed E-state index contributed by atoms with van der Waals surface area (Å²) in [5.74, 6) is 2.07. The van der Waals surface area contributed by atoms with E-state index in [-0.39, 0.29) is 18.2 Å². The first-order valence-electron chi connectivity index (χ1n) is 11.7. The van der Waals surface area contributed by atoms with Crippen molar-refractivity contribution >= 4 is 23.9 Å². The van der Waals surface area contributed by atoms with E-state index in [0.717, 1.165) is 11.1 Å². The predicted molar refractivity (Wildman–Crippen MR) is 138 cm³/mol. The molecule has 1 fully saturated rings. The van der Waals surface area contributed by atoms with Crippen LogP contribution >= 0.6 is 0 Å². The van der Waals surface area contributed by atoms with Crippen LogP contribution in [0.1, 0.15) is 24.5 Å². The van der Waals surface area contributed by atoms with Gasteiger partial charge in [-0.2, -0.15) is 0 Å². The van der Waals surface area contributed by atoms with Gasteiger partial charge in [0.1, 0.15) is 0 Å². The number of methoxy groups -OCH3 is 4. The first kappa shape index (κ1) is 26.8. The number of rotatable bonds is 10. The quantitative estimate of drug-likeness (QED) is 0.361. The average molecular weight is 496 g/mol. The molecule has 2 aromatic rings. The summed E-state index contributed by atoms with van der Waals surface area (Å²) < 4.78 is 26.5. The number of hydrogen-bond donors (Lipinski definition) is 0. The molecule has 0 spiro atoms. The first-order chi connectivity index (χ1) is 17.4. The van der Waals surface area contributed by atoms with Gasteiger partial charge in [0, 0.05) is 30.8 Å². The molecule has 0 radical (unpaired) electrons. The van der Waals surface area contributed by atoms with Crippen molar-refractivity contribution in [3.8, 4) is 23.0 Å². The lowest BCUT2D eigenvalue weighted by Gasteiger charge is -2.29. The molecule has 8 heteroatoms. The van der Waals surface area contributed by atoms with Gasteiger partial charge in [0.2, 0.25) is 0 Å². The Balaban J connectivity index is 1.96. The molecular formula is C28H33NO7. The third kappa shape index (κ3) is 6.66. The van der Waals surface area contributed by atoms with Gasteiger partial charge in [-0.25, -0.2) is 0 Å². The topological polar surface area (TPSA) is 83.5 Å². The van der Waals surface area contributed by atoms with Gasteiger partial charge >= 0.3 is 5.97 Å². The molecule has 2 aromatic carbocycles. The Labute approximate surface area is 212 Å². The van der Waals surface area contributed by atoms with Crippen LogP contribution in [0.4, 0.5) is 0 Å².